The monoisotopic (exact) mass is 809 g/mol. The minimum atomic E-state index is -2.05. The van der Waals surface area contributed by atoms with Crippen LogP contribution in [0.3, 0.4) is 0 Å². The number of aliphatic hydroxyl groups is 2. The van der Waals surface area contributed by atoms with Crippen molar-refractivity contribution >= 4 is 40.3 Å². The van der Waals surface area contributed by atoms with Gasteiger partial charge in [0.25, 0.3) is 11.7 Å². The third-order valence-electron chi connectivity index (χ3n) is 11.4. The molecule has 5 bridgehead atoms. The van der Waals surface area contributed by atoms with Gasteiger partial charge in [-0.3, -0.25) is 19.4 Å². The van der Waals surface area contributed by atoms with E-state index in [1.165, 1.54) is 59.4 Å². The first-order valence-corrected chi connectivity index (χ1v) is 19.3. The first kappa shape index (κ1) is 44.0. The van der Waals surface area contributed by atoms with E-state index < -0.39 is 88.8 Å². The Bertz CT molecular complexity index is 2040. The first-order valence-electron chi connectivity index (χ1n) is 19.3. The van der Waals surface area contributed by atoms with E-state index in [1.807, 2.05) is 0 Å². The standard InChI is InChI=1S/C42H55N3O13/c1-20-11-10-12-21(2)41(53)44-32-27(19-43-45-14-17-55-18-15-45)36(50)29-30(37(32)51)35(49)25(6)39-31(29)40(52)42(8,58-39)56-16-13-28(54-9)22(3)38(57-26(7)46)24(5)34(48)23(4)33(20)47/h10-13,16,19-20,22-24,28,33-34,38,47-51H,14-15,17-18H2,1-9H3,(H,44,53)/b11-10+,16-13+,21-12-,43-19-/t20-,22-,23-,24-,28+,33+,34+,38-,42+/m1/s1. The molecule has 16 heteroatoms. The lowest BCUT2D eigenvalue weighted by molar-refractivity contribution is -0.160. The molecule has 6 rings (SSSR count). The van der Waals surface area contributed by atoms with Crippen LogP contribution in [0.4, 0.5) is 5.69 Å². The Labute approximate surface area is 337 Å². The molecule has 0 radical (unpaired) electrons. The molecule has 16 nitrogen and oxygen atoms in total. The number of methoxy groups -OCH3 is 1. The van der Waals surface area contributed by atoms with Gasteiger partial charge in [0.2, 0.25) is 0 Å². The van der Waals surface area contributed by atoms with Gasteiger partial charge in [-0.15, -0.1) is 0 Å². The van der Waals surface area contributed by atoms with Crippen LogP contribution in [0, 0.1) is 30.6 Å². The van der Waals surface area contributed by atoms with Crippen LogP contribution in [0.2, 0.25) is 0 Å². The van der Waals surface area contributed by atoms with Gasteiger partial charge in [0.1, 0.15) is 23.4 Å². The number of hydrogen-bond donors (Lipinski definition) is 6. The van der Waals surface area contributed by atoms with Crippen LogP contribution in [0.25, 0.3) is 10.8 Å². The Morgan fingerprint density at radius 2 is 1.64 bits per heavy atom. The smallest absolute Gasteiger partial charge is 0.312 e. The summed E-state index contributed by atoms with van der Waals surface area (Å²) in [6.45, 7) is 14.1. The molecule has 1 saturated heterocycles. The second-order valence-electron chi connectivity index (χ2n) is 15.4. The van der Waals surface area contributed by atoms with E-state index in [0.717, 1.165) is 0 Å². The van der Waals surface area contributed by atoms with Crippen molar-refractivity contribution < 1.29 is 63.6 Å². The Balaban J connectivity index is 1.71. The number of carbonyl (C=O) groups is 3. The summed E-state index contributed by atoms with van der Waals surface area (Å²) in [4.78, 5) is 40.4. The summed E-state index contributed by atoms with van der Waals surface area (Å²) in [5, 5.41) is 66.4. The summed E-state index contributed by atoms with van der Waals surface area (Å²) in [5.74, 6) is -8.44. The molecule has 4 aliphatic rings. The third-order valence-corrected chi connectivity index (χ3v) is 11.4. The zero-order valence-electron chi connectivity index (χ0n) is 34.3. The van der Waals surface area contributed by atoms with Gasteiger partial charge in [-0.2, -0.15) is 5.10 Å². The van der Waals surface area contributed by atoms with Crippen molar-refractivity contribution in [1.29, 1.82) is 0 Å². The molecule has 1 amide bonds. The maximum absolute atomic E-state index is 14.4. The Morgan fingerprint density at radius 3 is 2.28 bits per heavy atom. The molecule has 2 aromatic carbocycles. The van der Waals surface area contributed by atoms with E-state index >= 15 is 0 Å². The van der Waals surface area contributed by atoms with E-state index in [-0.39, 0.29) is 44.5 Å². The number of carbonyl (C=O) groups excluding carboxylic acids is 3. The van der Waals surface area contributed by atoms with Crippen molar-refractivity contribution in [2.45, 2.75) is 85.6 Å². The highest BCUT2D eigenvalue weighted by molar-refractivity contribution is 6.23. The maximum Gasteiger partial charge on any atom is 0.312 e. The van der Waals surface area contributed by atoms with Gasteiger partial charge in [0.15, 0.2) is 5.75 Å². The number of aliphatic hydroxyl groups excluding tert-OH is 2. The van der Waals surface area contributed by atoms with Gasteiger partial charge in [-0.25, -0.2) is 0 Å². The predicted molar refractivity (Wildman–Crippen MR) is 214 cm³/mol. The molecule has 0 aliphatic carbocycles. The zero-order chi connectivity index (χ0) is 42.8. The molecule has 4 heterocycles. The number of rotatable bonds is 4. The number of aromatic hydroxyl groups is 3. The molecular weight excluding hydrogens is 754 g/mol. The highest BCUT2D eigenvalue weighted by Crippen LogP contribution is 2.55. The number of Topliss-reactive ketones (excluding diaryl/α,β-unsaturated/α-hetero) is 1. The lowest BCUT2D eigenvalue weighted by Crippen LogP contribution is -2.46. The number of ketones is 1. The number of hydrogen-bond acceptors (Lipinski definition) is 15. The molecule has 0 spiro atoms. The third kappa shape index (κ3) is 8.51. The number of morpholine rings is 1. The fourth-order valence-corrected chi connectivity index (χ4v) is 7.68. The minimum absolute atomic E-state index is 0.0475. The maximum atomic E-state index is 14.4. The van der Waals surface area contributed by atoms with E-state index in [1.54, 1.807) is 44.9 Å². The fourth-order valence-electron chi connectivity index (χ4n) is 7.68. The van der Waals surface area contributed by atoms with Crippen LogP contribution in [-0.2, 0) is 28.5 Å². The van der Waals surface area contributed by atoms with Gasteiger partial charge in [0.05, 0.1) is 79.3 Å². The van der Waals surface area contributed by atoms with Gasteiger partial charge in [0, 0.05) is 61.2 Å². The number of allylic oxidation sites excluding steroid dienone is 2. The Hall–Kier alpha value is -5.16. The lowest BCUT2D eigenvalue weighted by atomic mass is 9.78. The quantitative estimate of drug-likeness (QED) is 0.109. The summed E-state index contributed by atoms with van der Waals surface area (Å²) in [7, 11) is 1.43. The van der Waals surface area contributed by atoms with E-state index in [4.69, 9.17) is 23.7 Å². The molecule has 4 aliphatic heterocycles. The van der Waals surface area contributed by atoms with Crippen LogP contribution < -0.4 is 10.1 Å². The number of benzene rings is 2. The molecule has 1 fully saturated rings. The number of esters is 1. The number of nitrogens with zero attached hydrogens (tertiary/aromatic N) is 2. The number of fused-ring (bicyclic) bond motifs is 14. The van der Waals surface area contributed by atoms with Crippen molar-refractivity contribution in [2.75, 3.05) is 38.7 Å². The Kier molecular flexibility index (Phi) is 13.5. The van der Waals surface area contributed by atoms with Crippen LogP contribution in [0.15, 0.2) is 41.2 Å². The highest BCUT2D eigenvalue weighted by atomic mass is 16.7. The number of hydrazone groups is 1. The molecule has 58 heavy (non-hydrogen) atoms. The fraction of sp³-hybridized carbons (Fsp3) is 0.524. The summed E-state index contributed by atoms with van der Waals surface area (Å²) in [5.41, 5.74) is -0.426. The van der Waals surface area contributed by atoms with Crippen LogP contribution >= 0.6 is 0 Å². The number of ether oxygens (including phenoxy) is 5. The predicted octanol–water partition coefficient (Wildman–Crippen LogP) is 4.42. The molecular formula is C42H55N3O13. The van der Waals surface area contributed by atoms with Gasteiger partial charge in [-0.1, -0.05) is 45.9 Å². The van der Waals surface area contributed by atoms with Crippen molar-refractivity contribution in [3.8, 4) is 23.0 Å². The van der Waals surface area contributed by atoms with Crippen molar-refractivity contribution in [2.24, 2.45) is 28.8 Å². The topological polar surface area (TPSA) is 226 Å². The van der Waals surface area contributed by atoms with E-state index in [9.17, 15) is 39.9 Å². The van der Waals surface area contributed by atoms with Gasteiger partial charge in [-0.05, 0) is 19.9 Å². The second-order valence-corrected chi connectivity index (χ2v) is 15.4. The van der Waals surface area contributed by atoms with E-state index in [0.29, 0.717) is 26.3 Å². The summed E-state index contributed by atoms with van der Waals surface area (Å²) in [6.07, 6.45) is 4.76. The summed E-state index contributed by atoms with van der Waals surface area (Å²) >= 11 is 0. The molecule has 0 saturated carbocycles. The van der Waals surface area contributed by atoms with Crippen LogP contribution in [-0.4, -0.2) is 118 Å². The van der Waals surface area contributed by atoms with Crippen molar-refractivity contribution in [3.63, 3.8) is 0 Å². The number of phenolic OH excluding ortho intramolecular Hbond substituents is 3. The summed E-state index contributed by atoms with van der Waals surface area (Å²) < 4.78 is 29.0. The van der Waals surface area contributed by atoms with Gasteiger partial charge >= 0.3 is 11.8 Å². The van der Waals surface area contributed by atoms with E-state index in [2.05, 4.69) is 10.4 Å². The Morgan fingerprint density at radius 1 is 0.966 bits per heavy atom. The zero-order valence-corrected chi connectivity index (χ0v) is 34.3. The molecule has 6 N–H and O–H groups in total. The molecule has 0 aromatic heterocycles. The molecule has 9 atom stereocenters. The normalized spacial score (nSPS) is 32.1. The highest BCUT2D eigenvalue weighted by Gasteiger charge is 2.50. The van der Waals surface area contributed by atoms with Crippen molar-refractivity contribution in [3.05, 3.63) is 52.8 Å². The minimum Gasteiger partial charge on any atom is -0.507 e. The van der Waals surface area contributed by atoms with Crippen molar-refractivity contribution in [1.82, 2.24) is 5.01 Å². The number of nitrogens with one attached hydrogen (secondary N) is 1. The molecule has 2 aromatic rings. The summed E-state index contributed by atoms with van der Waals surface area (Å²) in [6, 6.07) is 0. The van der Waals surface area contributed by atoms with Crippen LogP contribution in [0.5, 0.6) is 23.0 Å². The lowest BCUT2D eigenvalue weighted by Gasteiger charge is -2.38. The number of phenols is 3. The largest absolute Gasteiger partial charge is 0.507 e. The second kappa shape index (κ2) is 17.8. The molecule has 0 unspecified atom stereocenters. The van der Waals surface area contributed by atoms with Gasteiger partial charge < -0.3 is 54.5 Å². The number of amides is 1. The number of anilines is 1. The average Bonchev–Trinajstić information content (AvgIpc) is 3.46. The SMILES string of the molecule is CO[C@H]1/C=C/O[C@@]2(C)Oc3c(C)c(O)c4c(O)c(c(/C=N\N5CCOCC5)c(O)c4c3C2=O)NC(=O)/C(C)=C\C=C\[C@@H](C)[C@H](O)[C@@H](C)[C@H](O)[C@@H](C)[C@H](OC(C)=O)[C@@H]1C. The average molecular weight is 810 g/mol. The molecule has 316 valence electrons. The first-order chi connectivity index (χ1) is 27.3. The van der Waals surface area contributed by atoms with Crippen LogP contribution in [0.1, 0.15) is 70.0 Å².